The molecule has 2 rings (SSSR count). The number of pyridine rings is 1. The van der Waals surface area contributed by atoms with E-state index in [4.69, 9.17) is 5.11 Å². The zero-order valence-electron chi connectivity index (χ0n) is 10.3. The molecule has 0 amide bonds. The van der Waals surface area contributed by atoms with E-state index < -0.39 is 10.9 Å². The third kappa shape index (κ3) is 3.08. The average molecular weight is 273 g/mol. The lowest BCUT2D eigenvalue weighted by Crippen LogP contribution is -2.09. The summed E-state index contributed by atoms with van der Waals surface area (Å²) < 4.78 is 0. The summed E-state index contributed by atoms with van der Waals surface area (Å²) in [4.78, 5) is 24.8. The molecule has 0 radical (unpaired) electrons. The molecule has 7 heteroatoms. The summed E-state index contributed by atoms with van der Waals surface area (Å²) >= 11 is 0. The molecule has 20 heavy (non-hydrogen) atoms. The second-order valence-corrected chi connectivity index (χ2v) is 3.99. The molecule has 0 aliphatic carbocycles. The molecule has 1 aromatic carbocycles. The Bertz CT molecular complexity index is 643. The first-order valence-electron chi connectivity index (χ1n) is 5.73. The number of anilines is 1. The molecular formula is C13H11N3O4. The highest BCUT2D eigenvalue weighted by Crippen LogP contribution is 2.19. The van der Waals surface area contributed by atoms with E-state index in [1.807, 2.05) is 30.3 Å². The van der Waals surface area contributed by atoms with Gasteiger partial charge in [-0.3, -0.25) is 10.1 Å². The number of hydrogen-bond donors (Lipinski definition) is 2. The summed E-state index contributed by atoms with van der Waals surface area (Å²) in [5.41, 5.74) is 0.367. The van der Waals surface area contributed by atoms with Crippen LogP contribution in [0.25, 0.3) is 0 Å². The Morgan fingerprint density at radius 1 is 1.35 bits per heavy atom. The van der Waals surface area contributed by atoms with E-state index in [-0.39, 0.29) is 17.1 Å². The molecule has 0 saturated carbocycles. The lowest BCUT2D eigenvalue weighted by Gasteiger charge is -2.08. The normalized spacial score (nSPS) is 10.0. The lowest BCUT2D eigenvalue weighted by atomic mass is 10.2. The van der Waals surface area contributed by atoms with Crippen LogP contribution in [-0.4, -0.2) is 21.0 Å². The fourth-order valence-corrected chi connectivity index (χ4v) is 1.64. The van der Waals surface area contributed by atoms with Crippen LogP contribution in [0.2, 0.25) is 0 Å². The first-order chi connectivity index (χ1) is 9.58. The van der Waals surface area contributed by atoms with Gasteiger partial charge in [0.2, 0.25) is 0 Å². The second kappa shape index (κ2) is 5.79. The van der Waals surface area contributed by atoms with E-state index in [2.05, 4.69) is 10.3 Å². The number of carboxylic acids is 1. The van der Waals surface area contributed by atoms with Crippen LogP contribution >= 0.6 is 0 Å². The Morgan fingerprint density at radius 3 is 2.65 bits per heavy atom. The van der Waals surface area contributed by atoms with Crippen molar-refractivity contribution in [1.29, 1.82) is 0 Å². The van der Waals surface area contributed by atoms with Crippen LogP contribution in [0.3, 0.4) is 0 Å². The van der Waals surface area contributed by atoms with E-state index in [1.54, 1.807) is 0 Å². The maximum absolute atomic E-state index is 11.1. The van der Waals surface area contributed by atoms with E-state index in [1.165, 1.54) is 0 Å². The monoisotopic (exact) mass is 273 g/mol. The number of nitro groups is 1. The minimum atomic E-state index is -1.27. The number of aromatic nitrogens is 1. The van der Waals surface area contributed by atoms with E-state index >= 15 is 0 Å². The topological polar surface area (TPSA) is 105 Å². The van der Waals surface area contributed by atoms with Crippen molar-refractivity contribution in [3.05, 3.63) is 63.8 Å². The maximum atomic E-state index is 11.1. The van der Waals surface area contributed by atoms with Gasteiger partial charge in [0.15, 0.2) is 0 Å². The summed E-state index contributed by atoms with van der Waals surface area (Å²) in [6.45, 7) is 0.381. The maximum Gasteiger partial charge on any atom is 0.339 e. The van der Waals surface area contributed by atoms with Gasteiger partial charge in [0, 0.05) is 12.6 Å². The Kier molecular flexibility index (Phi) is 3.90. The molecule has 0 spiro atoms. The summed E-state index contributed by atoms with van der Waals surface area (Å²) in [6, 6.07) is 10.3. The fourth-order valence-electron chi connectivity index (χ4n) is 1.64. The van der Waals surface area contributed by atoms with Crippen molar-refractivity contribution >= 4 is 17.5 Å². The molecular weight excluding hydrogens is 262 g/mol. The number of carboxylic acid groups (broad SMARTS) is 1. The molecule has 2 aromatic rings. The van der Waals surface area contributed by atoms with E-state index in [9.17, 15) is 14.9 Å². The van der Waals surface area contributed by atoms with Crippen molar-refractivity contribution in [1.82, 2.24) is 4.98 Å². The largest absolute Gasteiger partial charge is 0.478 e. The summed E-state index contributed by atoms with van der Waals surface area (Å²) in [6.07, 6.45) is 1.03. The Labute approximate surface area is 114 Å². The van der Waals surface area contributed by atoms with Crippen LogP contribution in [0.1, 0.15) is 15.9 Å². The predicted molar refractivity (Wildman–Crippen MR) is 71.6 cm³/mol. The highest BCUT2D eigenvalue weighted by molar-refractivity contribution is 5.93. The minimum Gasteiger partial charge on any atom is -0.478 e. The van der Waals surface area contributed by atoms with Gasteiger partial charge in [0.05, 0.1) is 4.92 Å². The van der Waals surface area contributed by atoms with Crippen molar-refractivity contribution in [2.24, 2.45) is 0 Å². The molecule has 0 saturated heterocycles. The summed E-state index contributed by atoms with van der Waals surface area (Å²) in [7, 11) is 0. The van der Waals surface area contributed by atoms with Crippen molar-refractivity contribution in [2.45, 2.75) is 6.54 Å². The molecule has 1 aromatic heterocycles. The van der Waals surface area contributed by atoms with Crippen LogP contribution < -0.4 is 5.32 Å². The molecule has 0 atom stereocenters. The molecule has 0 unspecified atom stereocenters. The number of hydrogen-bond acceptors (Lipinski definition) is 5. The Hall–Kier alpha value is -2.96. The molecule has 0 bridgehead atoms. The second-order valence-electron chi connectivity index (χ2n) is 3.99. The smallest absolute Gasteiger partial charge is 0.339 e. The zero-order valence-corrected chi connectivity index (χ0v) is 10.3. The van der Waals surface area contributed by atoms with Gasteiger partial charge < -0.3 is 10.4 Å². The predicted octanol–water partition coefficient (Wildman–Crippen LogP) is 2.30. The lowest BCUT2D eigenvalue weighted by molar-refractivity contribution is -0.385. The SMILES string of the molecule is O=C(O)c1cc([N+](=O)[O-])cnc1NCc1ccccc1. The van der Waals surface area contributed by atoms with Gasteiger partial charge in [0.1, 0.15) is 17.6 Å². The van der Waals surface area contributed by atoms with Gasteiger partial charge in [-0.2, -0.15) is 0 Å². The summed E-state index contributed by atoms with van der Waals surface area (Å²) in [5.74, 6) is -1.16. The molecule has 1 heterocycles. The molecule has 102 valence electrons. The van der Waals surface area contributed by atoms with E-state index in [0.717, 1.165) is 17.8 Å². The van der Waals surface area contributed by atoms with Crippen LogP contribution in [-0.2, 0) is 6.54 Å². The Morgan fingerprint density at radius 2 is 2.05 bits per heavy atom. The van der Waals surface area contributed by atoms with Crippen molar-refractivity contribution < 1.29 is 14.8 Å². The average Bonchev–Trinajstić information content (AvgIpc) is 2.45. The van der Waals surface area contributed by atoms with Crippen molar-refractivity contribution in [3.63, 3.8) is 0 Å². The summed E-state index contributed by atoms with van der Waals surface area (Å²) in [5, 5.41) is 22.5. The fraction of sp³-hybridized carbons (Fsp3) is 0.0769. The third-order valence-electron chi connectivity index (χ3n) is 2.62. The third-order valence-corrected chi connectivity index (χ3v) is 2.62. The van der Waals surface area contributed by atoms with Crippen molar-refractivity contribution in [3.8, 4) is 0 Å². The van der Waals surface area contributed by atoms with Crippen LogP contribution in [0.4, 0.5) is 11.5 Å². The number of nitrogens with one attached hydrogen (secondary N) is 1. The van der Waals surface area contributed by atoms with Crippen LogP contribution in [0.5, 0.6) is 0 Å². The first-order valence-corrected chi connectivity index (χ1v) is 5.73. The molecule has 0 fully saturated rings. The van der Waals surface area contributed by atoms with Gasteiger partial charge in [-0.25, -0.2) is 9.78 Å². The van der Waals surface area contributed by atoms with Crippen LogP contribution in [0.15, 0.2) is 42.6 Å². The number of benzene rings is 1. The highest BCUT2D eigenvalue weighted by Gasteiger charge is 2.17. The van der Waals surface area contributed by atoms with Crippen molar-refractivity contribution in [2.75, 3.05) is 5.32 Å². The quantitative estimate of drug-likeness (QED) is 0.639. The number of carbonyl (C=O) groups is 1. The van der Waals surface area contributed by atoms with Gasteiger partial charge in [-0.15, -0.1) is 0 Å². The highest BCUT2D eigenvalue weighted by atomic mass is 16.6. The van der Waals surface area contributed by atoms with Gasteiger partial charge >= 0.3 is 5.97 Å². The molecule has 2 N–H and O–H groups in total. The van der Waals surface area contributed by atoms with Gasteiger partial charge in [0.25, 0.3) is 5.69 Å². The Balaban J connectivity index is 2.23. The van der Waals surface area contributed by atoms with Gasteiger partial charge in [-0.1, -0.05) is 30.3 Å². The number of aromatic carboxylic acids is 1. The van der Waals surface area contributed by atoms with E-state index in [0.29, 0.717) is 6.54 Å². The van der Waals surface area contributed by atoms with Crippen LogP contribution in [0, 0.1) is 10.1 Å². The zero-order chi connectivity index (χ0) is 14.5. The molecule has 0 aliphatic heterocycles. The number of rotatable bonds is 5. The first kappa shape index (κ1) is 13.5. The number of nitrogens with zero attached hydrogens (tertiary/aromatic N) is 2. The molecule has 0 aliphatic rings. The minimum absolute atomic E-state index is 0.104. The standard InChI is InChI=1S/C13H11N3O4/c17-13(18)11-6-10(16(19)20)8-15-12(11)14-7-9-4-2-1-3-5-9/h1-6,8H,7H2,(H,14,15)(H,17,18). The van der Waals surface area contributed by atoms with Gasteiger partial charge in [-0.05, 0) is 5.56 Å². The molecule has 7 nitrogen and oxygen atoms in total.